The van der Waals surface area contributed by atoms with Gasteiger partial charge in [0.05, 0.1) is 7.11 Å². The topological polar surface area (TPSA) is 61.5 Å². The molecule has 0 aromatic heterocycles. The number of esters is 1. The lowest BCUT2D eigenvalue weighted by atomic mass is 10.4. The summed E-state index contributed by atoms with van der Waals surface area (Å²) in [7, 11) is 3.02. The SMILES string of the molecule is COCCCSCC(N)C(=O)OC. The summed E-state index contributed by atoms with van der Waals surface area (Å²) in [5.74, 6) is 1.22. The van der Waals surface area contributed by atoms with Crippen molar-refractivity contribution < 1.29 is 14.3 Å². The van der Waals surface area contributed by atoms with Crippen LogP contribution in [0.15, 0.2) is 0 Å². The van der Waals surface area contributed by atoms with Crippen LogP contribution >= 0.6 is 11.8 Å². The fourth-order valence-electron chi connectivity index (χ4n) is 0.735. The fraction of sp³-hybridized carbons (Fsp3) is 0.875. The molecule has 0 saturated heterocycles. The first kappa shape index (κ1) is 12.7. The third-order valence-electron chi connectivity index (χ3n) is 1.44. The monoisotopic (exact) mass is 207 g/mol. The lowest BCUT2D eigenvalue weighted by molar-refractivity contribution is -0.141. The highest BCUT2D eigenvalue weighted by atomic mass is 32.2. The van der Waals surface area contributed by atoms with E-state index >= 15 is 0 Å². The Labute approximate surface area is 83.1 Å². The van der Waals surface area contributed by atoms with E-state index in [2.05, 4.69) is 4.74 Å². The summed E-state index contributed by atoms with van der Waals surface area (Å²) < 4.78 is 9.37. The molecule has 0 amide bonds. The van der Waals surface area contributed by atoms with Crippen molar-refractivity contribution >= 4 is 17.7 Å². The number of carbonyl (C=O) groups excluding carboxylic acids is 1. The van der Waals surface area contributed by atoms with Gasteiger partial charge >= 0.3 is 5.97 Å². The second-order valence-corrected chi connectivity index (χ2v) is 3.70. The van der Waals surface area contributed by atoms with Gasteiger partial charge in [0, 0.05) is 19.5 Å². The Morgan fingerprint density at radius 3 is 2.77 bits per heavy atom. The zero-order valence-corrected chi connectivity index (χ0v) is 8.93. The Morgan fingerprint density at radius 2 is 2.23 bits per heavy atom. The van der Waals surface area contributed by atoms with Gasteiger partial charge in [0.25, 0.3) is 0 Å². The van der Waals surface area contributed by atoms with E-state index in [-0.39, 0.29) is 5.97 Å². The Balaban J connectivity index is 3.26. The molecule has 0 aliphatic rings. The third-order valence-corrected chi connectivity index (χ3v) is 2.61. The lowest BCUT2D eigenvalue weighted by Gasteiger charge is -2.07. The molecular formula is C8H17NO3S. The zero-order valence-electron chi connectivity index (χ0n) is 8.12. The number of hydrogen-bond acceptors (Lipinski definition) is 5. The molecule has 0 heterocycles. The molecule has 0 bridgehead atoms. The van der Waals surface area contributed by atoms with Crippen molar-refractivity contribution in [2.24, 2.45) is 5.73 Å². The first-order chi connectivity index (χ1) is 6.22. The van der Waals surface area contributed by atoms with Gasteiger partial charge < -0.3 is 15.2 Å². The molecule has 1 unspecified atom stereocenters. The summed E-state index contributed by atoms with van der Waals surface area (Å²) in [5.41, 5.74) is 5.52. The average molecular weight is 207 g/mol. The van der Waals surface area contributed by atoms with Gasteiger partial charge in [0.2, 0.25) is 0 Å². The molecule has 1 atom stereocenters. The number of thioether (sulfide) groups is 1. The first-order valence-electron chi connectivity index (χ1n) is 4.12. The standard InChI is InChI=1S/C8H17NO3S/c1-11-4-3-5-13-6-7(9)8(10)12-2/h7H,3-6,9H2,1-2H3. The van der Waals surface area contributed by atoms with E-state index in [1.165, 1.54) is 7.11 Å². The summed E-state index contributed by atoms with van der Waals surface area (Å²) in [6.07, 6.45) is 0.981. The van der Waals surface area contributed by atoms with E-state index in [1.54, 1.807) is 18.9 Å². The van der Waals surface area contributed by atoms with Gasteiger partial charge in [-0.25, -0.2) is 0 Å². The van der Waals surface area contributed by atoms with Crippen molar-refractivity contribution in [2.75, 3.05) is 32.3 Å². The van der Waals surface area contributed by atoms with Crippen LogP contribution in [0, 0.1) is 0 Å². The molecule has 2 N–H and O–H groups in total. The number of nitrogens with two attached hydrogens (primary N) is 1. The van der Waals surface area contributed by atoms with Gasteiger partial charge in [-0.05, 0) is 12.2 Å². The molecular weight excluding hydrogens is 190 g/mol. The molecule has 0 aliphatic heterocycles. The maximum Gasteiger partial charge on any atom is 0.323 e. The van der Waals surface area contributed by atoms with Crippen LogP contribution in [0.2, 0.25) is 0 Å². The molecule has 0 rings (SSSR count). The van der Waals surface area contributed by atoms with Gasteiger partial charge in [-0.1, -0.05) is 0 Å². The van der Waals surface area contributed by atoms with Crippen molar-refractivity contribution in [1.29, 1.82) is 0 Å². The van der Waals surface area contributed by atoms with E-state index in [1.807, 2.05) is 0 Å². The molecule has 13 heavy (non-hydrogen) atoms. The second-order valence-electron chi connectivity index (χ2n) is 2.55. The Hall–Kier alpha value is -0.260. The van der Waals surface area contributed by atoms with Crippen molar-refractivity contribution in [3.05, 3.63) is 0 Å². The summed E-state index contributed by atoms with van der Waals surface area (Å²) in [4.78, 5) is 10.8. The second kappa shape index (κ2) is 8.34. The number of carbonyl (C=O) groups is 1. The molecule has 0 radical (unpaired) electrons. The number of ether oxygens (including phenoxy) is 2. The molecule has 0 aromatic rings. The predicted octanol–water partition coefficient (Wildman–Crippen LogP) is 0.256. The molecule has 5 heteroatoms. The fourth-order valence-corrected chi connectivity index (χ4v) is 1.61. The predicted molar refractivity (Wildman–Crippen MR) is 53.8 cm³/mol. The van der Waals surface area contributed by atoms with E-state index in [0.717, 1.165) is 18.8 Å². The molecule has 0 spiro atoms. The van der Waals surface area contributed by atoms with Crippen molar-refractivity contribution in [3.8, 4) is 0 Å². The third kappa shape index (κ3) is 6.86. The van der Waals surface area contributed by atoms with Gasteiger partial charge in [0.15, 0.2) is 0 Å². The first-order valence-corrected chi connectivity index (χ1v) is 5.28. The van der Waals surface area contributed by atoms with Gasteiger partial charge in [-0.2, -0.15) is 11.8 Å². The Bertz CT molecular complexity index is 143. The highest BCUT2D eigenvalue weighted by molar-refractivity contribution is 7.99. The molecule has 0 saturated carbocycles. The largest absolute Gasteiger partial charge is 0.468 e. The van der Waals surface area contributed by atoms with Crippen LogP contribution in [0.3, 0.4) is 0 Å². The Morgan fingerprint density at radius 1 is 1.54 bits per heavy atom. The van der Waals surface area contributed by atoms with Crippen molar-refractivity contribution in [2.45, 2.75) is 12.5 Å². The maximum absolute atomic E-state index is 10.8. The van der Waals surface area contributed by atoms with Crippen LogP contribution in [0.5, 0.6) is 0 Å². The molecule has 4 nitrogen and oxygen atoms in total. The molecule has 0 aliphatic carbocycles. The maximum atomic E-state index is 10.8. The van der Waals surface area contributed by atoms with Crippen LogP contribution in [0.25, 0.3) is 0 Å². The quantitative estimate of drug-likeness (QED) is 0.479. The molecule has 78 valence electrons. The summed E-state index contributed by atoms with van der Waals surface area (Å²) in [5, 5.41) is 0. The summed E-state index contributed by atoms with van der Waals surface area (Å²) >= 11 is 1.64. The highest BCUT2D eigenvalue weighted by Crippen LogP contribution is 2.04. The Kier molecular flexibility index (Phi) is 8.18. The lowest BCUT2D eigenvalue weighted by Crippen LogP contribution is -2.33. The minimum atomic E-state index is -0.502. The molecule has 0 aromatic carbocycles. The van der Waals surface area contributed by atoms with Gasteiger partial charge in [-0.3, -0.25) is 4.79 Å². The highest BCUT2D eigenvalue weighted by Gasteiger charge is 2.12. The van der Waals surface area contributed by atoms with Crippen molar-refractivity contribution in [1.82, 2.24) is 0 Å². The average Bonchev–Trinajstić information content (AvgIpc) is 2.16. The normalized spacial score (nSPS) is 12.5. The van der Waals surface area contributed by atoms with Crippen LogP contribution in [0.1, 0.15) is 6.42 Å². The van der Waals surface area contributed by atoms with Crippen LogP contribution in [0.4, 0.5) is 0 Å². The van der Waals surface area contributed by atoms with Crippen LogP contribution in [-0.4, -0.2) is 44.3 Å². The molecule has 0 fully saturated rings. The van der Waals surface area contributed by atoms with Crippen LogP contribution < -0.4 is 5.73 Å². The summed E-state index contributed by atoms with van der Waals surface area (Å²) in [6, 6.07) is -0.502. The van der Waals surface area contributed by atoms with Gasteiger partial charge in [0.1, 0.15) is 6.04 Å². The van der Waals surface area contributed by atoms with E-state index in [4.69, 9.17) is 10.5 Å². The minimum absolute atomic E-state index is 0.348. The number of hydrogen-bond donors (Lipinski definition) is 1. The van der Waals surface area contributed by atoms with E-state index in [0.29, 0.717) is 5.75 Å². The minimum Gasteiger partial charge on any atom is -0.468 e. The number of rotatable bonds is 7. The summed E-state index contributed by atoms with van der Waals surface area (Å²) in [6.45, 7) is 0.750. The van der Waals surface area contributed by atoms with E-state index in [9.17, 15) is 4.79 Å². The van der Waals surface area contributed by atoms with E-state index < -0.39 is 6.04 Å². The number of methoxy groups -OCH3 is 2. The zero-order chi connectivity index (χ0) is 10.1. The smallest absolute Gasteiger partial charge is 0.323 e. The van der Waals surface area contributed by atoms with Crippen molar-refractivity contribution in [3.63, 3.8) is 0 Å². The van der Waals surface area contributed by atoms with Crippen LogP contribution in [-0.2, 0) is 14.3 Å². The van der Waals surface area contributed by atoms with Gasteiger partial charge in [-0.15, -0.1) is 0 Å².